The molecule has 2 heterocycles. The smallest absolute Gasteiger partial charge is 0.194 e. The Labute approximate surface area is 182 Å². The molecule has 8 heteroatoms. The number of hydrogen-bond acceptors (Lipinski definition) is 4. The van der Waals surface area contributed by atoms with Gasteiger partial charge in [0.2, 0.25) is 0 Å². The number of benzene rings is 1. The van der Waals surface area contributed by atoms with Gasteiger partial charge in [-0.25, -0.2) is 9.38 Å². The highest BCUT2D eigenvalue weighted by Crippen LogP contribution is 2.21. The van der Waals surface area contributed by atoms with Gasteiger partial charge in [0.25, 0.3) is 0 Å². The monoisotopic (exact) mass is 502 g/mol. The first-order chi connectivity index (χ1) is 13.0. The fourth-order valence-electron chi connectivity index (χ4n) is 3.15. The van der Waals surface area contributed by atoms with Crippen LogP contribution in [0.3, 0.4) is 0 Å². The van der Waals surface area contributed by atoms with E-state index in [-0.39, 0.29) is 36.3 Å². The summed E-state index contributed by atoms with van der Waals surface area (Å²) in [6.07, 6.45) is 1.55. The van der Waals surface area contributed by atoms with E-state index in [0.29, 0.717) is 5.76 Å². The van der Waals surface area contributed by atoms with E-state index in [2.05, 4.69) is 20.1 Å². The molecule has 1 aromatic carbocycles. The normalized spacial score (nSPS) is 17.1. The summed E-state index contributed by atoms with van der Waals surface area (Å²) in [7, 11) is 0. The van der Waals surface area contributed by atoms with Crippen molar-refractivity contribution in [2.24, 2.45) is 4.99 Å². The van der Waals surface area contributed by atoms with E-state index in [1.165, 1.54) is 12.1 Å². The Bertz CT molecular complexity index is 742. The molecule has 1 saturated heterocycles. The van der Waals surface area contributed by atoms with Gasteiger partial charge in [-0.05, 0) is 50.2 Å². The third-order valence-electron chi connectivity index (χ3n) is 4.69. The third-order valence-corrected chi connectivity index (χ3v) is 4.69. The molecule has 1 fully saturated rings. The fourth-order valence-corrected chi connectivity index (χ4v) is 3.15. The van der Waals surface area contributed by atoms with Crippen molar-refractivity contribution in [2.45, 2.75) is 19.4 Å². The van der Waals surface area contributed by atoms with Crippen molar-refractivity contribution < 1.29 is 13.9 Å². The molecule has 3 rings (SSSR count). The van der Waals surface area contributed by atoms with Crippen LogP contribution < -0.4 is 10.2 Å². The summed E-state index contributed by atoms with van der Waals surface area (Å²) in [5.41, 5.74) is -0.126. The molecule has 28 heavy (non-hydrogen) atoms. The van der Waals surface area contributed by atoms with Gasteiger partial charge < -0.3 is 24.6 Å². The van der Waals surface area contributed by atoms with Gasteiger partial charge in [0.05, 0.1) is 12.8 Å². The van der Waals surface area contributed by atoms with E-state index in [1.807, 2.05) is 19.1 Å². The van der Waals surface area contributed by atoms with Crippen LogP contribution >= 0.6 is 24.0 Å². The first-order valence-corrected chi connectivity index (χ1v) is 9.30. The Morgan fingerprint density at radius 2 is 1.89 bits per heavy atom. The molecule has 1 aliphatic heterocycles. The van der Waals surface area contributed by atoms with Gasteiger partial charge in [-0.15, -0.1) is 24.0 Å². The quantitative estimate of drug-likeness (QED) is 0.374. The number of anilines is 1. The maximum atomic E-state index is 13.1. The van der Waals surface area contributed by atoms with Crippen molar-refractivity contribution in [3.05, 3.63) is 54.2 Å². The number of halogens is 2. The maximum absolute atomic E-state index is 13.1. The lowest BCUT2D eigenvalue weighted by atomic mass is 10.0. The Kier molecular flexibility index (Phi) is 8.11. The number of furan rings is 1. The van der Waals surface area contributed by atoms with E-state index < -0.39 is 5.60 Å². The molecule has 1 aliphatic rings. The van der Waals surface area contributed by atoms with Crippen LogP contribution in [-0.2, 0) is 5.60 Å². The van der Waals surface area contributed by atoms with Gasteiger partial charge in [-0.2, -0.15) is 0 Å². The third kappa shape index (κ3) is 5.60. The van der Waals surface area contributed by atoms with Crippen molar-refractivity contribution in [3.8, 4) is 0 Å². The molecule has 0 radical (unpaired) electrons. The van der Waals surface area contributed by atoms with Gasteiger partial charge >= 0.3 is 0 Å². The highest BCUT2D eigenvalue weighted by Gasteiger charge is 2.27. The van der Waals surface area contributed by atoms with Crippen LogP contribution in [0.15, 0.2) is 52.1 Å². The molecule has 0 saturated carbocycles. The van der Waals surface area contributed by atoms with E-state index in [1.54, 1.807) is 25.3 Å². The van der Waals surface area contributed by atoms with E-state index in [4.69, 9.17) is 4.42 Å². The molecule has 1 unspecified atom stereocenters. The summed E-state index contributed by atoms with van der Waals surface area (Å²) in [4.78, 5) is 9.04. The van der Waals surface area contributed by atoms with Gasteiger partial charge in [0.15, 0.2) is 5.96 Å². The molecule has 2 aromatic rings. The molecule has 1 atom stereocenters. The average molecular weight is 502 g/mol. The highest BCUT2D eigenvalue weighted by molar-refractivity contribution is 14.0. The summed E-state index contributed by atoms with van der Waals surface area (Å²) < 4.78 is 18.4. The van der Waals surface area contributed by atoms with Gasteiger partial charge in [-0.3, -0.25) is 0 Å². The van der Waals surface area contributed by atoms with Crippen molar-refractivity contribution in [1.82, 2.24) is 10.2 Å². The van der Waals surface area contributed by atoms with Crippen LogP contribution in [-0.4, -0.2) is 55.2 Å². The number of nitrogens with zero attached hydrogens (tertiary/aromatic N) is 3. The van der Waals surface area contributed by atoms with Gasteiger partial charge in [-0.1, -0.05) is 0 Å². The minimum absolute atomic E-state index is 0. The first kappa shape index (κ1) is 22.5. The van der Waals surface area contributed by atoms with Crippen LogP contribution in [0, 0.1) is 5.82 Å². The molecule has 6 nitrogen and oxygen atoms in total. The van der Waals surface area contributed by atoms with Crippen molar-refractivity contribution in [1.29, 1.82) is 0 Å². The Hall–Kier alpha value is -1.81. The first-order valence-electron chi connectivity index (χ1n) is 9.30. The predicted molar refractivity (Wildman–Crippen MR) is 120 cm³/mol. The average Bonchev–Trinajstić information content (AvgIpc) is 3.22. The zero-order chi connectivity index (χ0) is 19.3. The number of aliphatic hydroxyl groups is 1. The molecule has 0 amide bonds. The molecule has 154 valence electrons. The molecule has 2 N–H and O–H groups in total. The van der Waals surface area contributed by atoms with Crippen LogP contribution in [0.2, 0.25) is 0 Å². The number of rotatable bonds is 5. The second-order valence-electron chi connectivity index (χ2n) is 6.87. The Morgan fingerprint density at radius 1 is 1.21 bits per heavy atom. The standard InChI is InChI=1S/C20H27FN4O2.HI/c1-3-22-19(23-15-20(2,26)18-5-4-14-27-18)25-12-10-24(11-13-25)17-8-6-16(21)7-9-17;/h4-9,14,26H,3,10-13,15H2,1-2H3,(H,22,23);1H. The van der Waals surface area contributed by atoms with Gasteiger partial charge in [0, 0.05) is 38.4 Å². The molecule has 1 aromatic heterocycles. The molecule has 0 spiro atoms. The lowest BCUT2D eigenvalue weighted by Gasteiger charge is -2.38. The van der Waals surface area contributed by atoms with Gasteiger partial charge in [0.1, 0.15) is 17.2 Å². The zero-order valence-corrected chi connectivity index (χ0v) is 18.6. The Morgan fingerprint density at radius 3 is 2.46 bits per heavy atom. The molecule has 0 aliphatic carbocycles. The SMILES string of the molecule is CCNC(=NCC(C)(O)c1ccco1)N1CCN(c2ccc(F)cc2)CC1.I. The summed E-state index contributed by atoms with van der Waals surface area (Å²) in [6.45, 7) is 7.93. The topological polar surface area (TPSA) is 64.2 Å². The second-order valence-corrected chi connectivity index (χ2v) is 6.87. The minimum Gasteiger partial charge on any atom is -0.466 e. The minimum atomic E-state index is -1.15. The number of piperazine rings is 1. The Balaban J connectivity index is 0.00000280. The molecular weight excluding hydrogens is 474 g/mol. The van der Waals surface area contributed by atoms with Crippen molar-refractivity contribution >= 4 is 35.6 Å². The number of hydrogen-bond donors (Lipinski definition) is 2. The van der Waals surface area contributed by atoms with E-state index in [0.717, 1.165) is 44.4 Å². The second kappa shape index (κ2) is 10.1. The number of guanidine groups is 1. The number of nitrogens with one attached hydrogen (secondary N) is 1. The maximum Gasteiger partial charge on any atom is 0.194 e. The van der Waals surface area contributed by atoms with Crippen LogP contribution in [0.25, 0.3) is 0 Å². The number of aliphatic imine (C=N–C) groups is 1. The van der Waals surface area contributed by atoms with Crippen molar-refractivity contribution in [3.63, 3.8) is 0 Å². The molecular formula is C20H28FIN4O2. The molecule has 0 bridgehead atoms. The fraction of sp³-hybridized carbons (Fsp3) is 0.450. The largest absolute Gasteiger partial charge is 0.466 e. The van der Waals surface area contributed by atoms with E-state index in [9.17, 15) is 9.50 Å². The lowest BCUT2D eigenvalue weighted by Crippen LogP contribution is -2.52. The lowest BCUT2D eigenvalue weighted by molar-refractivity contribution is 0.0434. The van der Waals surface area contributed by atoms with E-state index >= 15 is 0 Å². The van der Waals surface area contributed by atoms with Crippen LogP contribution in [0.1, 0.15) is 19.6 Å². The summed E-state index contributed by atoms with van der Waals surface area (Å²) in [6, 6.07) is 10.1. The van der Waals surface area contributed by atoms with Crippen molar-refractivity contribution in [2.75, 3.05) is 44.2 Å². The highest BCUT2D eigenvalue weighted by atomic mass is 127. The summed E-state index contributed by atoms with van der Waals surface area (Å²) in [5.74, 6) is 1.06. The summed E-state index contributed by atoms with van der Waals surface area (Å²) >= 11 is 0. The van der Waals surface area contributed by atoms with Crippen LogP contribution in [0.4, 0.5) is 10.1 Å². The summed E-state index contributed by atoms with van der Waals surface area (Å²) in [5, 5.41) is 13.9. The predicted octanol–water partition coefficient (Wildman–Crippen LogP) is 3.03. The van der Waals surface area contributed by atoms with Crippen LogP contribution in [0.5, 0.6) is 0 Å². The zero-order valence-electron chi connectivity index (χ0n) is 16.3.